The van der Waals surface area contributed by atoms with Crippen LogP contribution in [0.4, 0.5) is 5.69 Å². The van der Waals surface area contributed by atoms with Crippen LogP contribution in [0.1, 0.15) is 11.5 Å². The minimum atomic E-state index is -0.682. The van der Waals surface area contributed by atoms with Crippen LogP contribution in [0.2, 0.25) is 0 Å². The highest BCUT2D eigenvalue weighted by molar-refractivity contribution is 6.51. The van der Waals surface area contributed by atoms with Crippen LogP contribution in [0.5, 0.6) is 0 Å². The van der Waals surface area contributed by atoms with Gasteiger partial charge < -0.3 is 21.3 Å². The van der Waals surface area contributed by atoms with Crippen LogP contribution in [-0.2, 0) is 9.53 Å². The third-order valence-electron chi connectivity index (χ3n) is 2.86. The molecule has 0 amide bonds. The summed E-state index contributed by atoms with van der Waals surface area (Å²) in [5.74, 6) is -0.902. The molecule has 0 aromatic heterocycles. The van der Waals surface area contributed by atoms with Gasteiger partial charge in [-0.3, -0.25) is 4.79 Å². The van der Waals surface area contributed by atoms with Crippen LogP contribution in [0.3, 0.4) is 0 Å². The lowest BCUT2D eigenvalue weighted by atomic mass is 9.83. The number of carbonyl (C=O) groups excluding carboxylic acids is 1. The number of methoxy groups -OCH3 is 1. The summed E-state index contributed by atoms with van der Waals surface area (Å²) in [6, 6.07) is 6.81. The number of ether oxygens (including phenoxy) is 1. The van der Waals surface area contributed by atoms with Gasteiger partial charge in [0.1, 0.15) is 5.76 Å². The Morgan fingerprint density at radius 3 is 2.33 bits per heavy atom. The molecule has 0 bridgehead atoms. The van der Waals surface area contributed by atoms with E-state index in [9.17, 15) is 4.79 Å². The predicted molar refractivity (Wildman–Crippen MR) is 69.1 cm³/mol. The average Bonchev–Trinajstić information content (AvgIpc) is 2.36. The minimum absolute atomic E-state index is 0.117. The molecule has 0 saturated heterocycles. The summed E-state index contributed by atoms with van der Waals surface area (Å²) in [7, 11) is 1.41. The van der Waals surface area contributed by atoms with Gasteiger partial charge in [-0.25, -0.2) is 0 Å². The number of ketones is 1. The smallest absolute Gasteiger partial charge is 0.204 e. The van der Waals surface area contributed by atoms with Crippen LogP contribution in [0.25, 0.3) is 0 Å². The molecule has 5 heteroatoms. The molecule has 92 valence electrons. The van der Waals surface area contributed by atoms with Crippen molar-refractivity contribution in [3.63, 3.8) is 0 Å². The quantitative estimate of drug-likeness (QED) is 0.686. The molecular formula is C13H13N3O2. The summed E-state index contributed by atoms with van der Waals surface area (Å²) in [5.41, 5.74) is 6.88. The lowest BCUT2D eigenvalue weighted by Crippen LogP contribution is -2.33. The number of nitrogens with two attached hydrogens (primary N) is 1. The van der Waals surface area contributed by atoms with Crippen molar-refractivity contribution in [1.82, 2.24) is 0 Å². The van der Waals surface area contributed by atoms with E-state index in [1.54, 1.807) is 24.3 Å². The zero-order valence-corrected chi connectivity index (χ0v) is 9.86. The normalized spacial score (nSPS) is 19.7. The van der Waals surface area contributed by atoms with Crippen molar-refractivity contribution in [2.24, 2.45) is 0 Å². The Kier molecular flexibility index (Phi) is 2.97. The molecule has 1 aromatic rings. The second kappa shape index (κ2) is 4.44. The highest BCUT2D eigenvalue weighted by Gasteiger charge is 2.33. The molecule has 1 aromatic carbocycles. The molecule has 5 nitrogen and oxygen atoms in total. The van der Waals surface area contributed by atoms with Crippen molar-refractivity contribution < 1.29 is 9.53 Å². The zero-order chi connectivity index (χ0) is 13.3. The molecule has 1 aliphatic carbocycles. The first-order chi connectivity index (χ1) is 8.54. The second-order valence-corrected chi connectivity index (χ2v) is 4.00. The standard InChI is InChI=1S/C13H13N3O2/c1-18-10-6-9(17)12(15)11(13(10)16)7-2-4-8(14)5-3-7/h2-6,11,15-16H,14H2,1H3. The maximum absolute atomic E-state index is 11.7. The Morgan fingerprint density at radius 2 is 1.78 bits per heavy atom. The van der Waals surface area contributed by atoms with E-state index in [0.717, 1.165) is 0 Å². The Bertz CT molecular complexity index is 558. The topological polar surface area (TPSA) is 100 Å². The van der Waals surface area contributed by atoms with Crippen molar-refractivity contribution in [2.45, 2.75) is 5.92 Å². The summed E-state index contributed by atoms with van der Waals surface area (Å²) in [5, 5.41) is 15.8. The van der Waals surface area contributed by atoms with Crippen molar-refractivity contribution >= 4 is 22.9 Å². The van der Waals surface area contributed by atoms with E-state index in [2.05, 4.69) is 0 Å². The first-order valence-electron chi connectivity index (χ1n) is 5.37. The minimum Gasteiger partial charge on any atom is -0.495 e. The van der Waals surface area contributed by atoms with Gasteiger partial charge in [0, 0.05) is 11.8 Å². The highest BCUT2D eigenvalue weighted by Crippen LogP contribution is 2.27. The molecular weight excluding hydrogens is 230 g/mol. The molecule has 0 saturated carbocycles. The van der Waals surface area contributed by atoms with Gasteiger partial charge in [-0.05, 0) is 17.7 Å². The van der Waals surface area contributed by atoms with Crippen LogP contribution in [0.15, 0.2) is 36.1 Å². The predicted octanol–water partition coefficient (Wildman–Crippen LogP) is 1.50. The Hall–Kier alpha value is -2.43. The van der Waals surface area contributed by atoms with Gasteiger partial charge in [-0.1, -0.05) is 12.1 Å². The number of nitrogen functional groups attached to an aromatic ring is 1. The fraction of sp³-hybridized carbons (Fsp3) is 0.154. The summed E-state index contributed by atoms with van der Waals surface area (Å²) in [6.45, 7) is 0. The van der Waals surface area contributed by atoms with Gasteiger partial charge >= 0.3 is 0 Å². The van der Waals surface area contributed by atoms with Crippen LogP contribution in [0, 0.1) is 10.8 Å². The van der Waals surface area contributed by atoms with E-state index in [4.69, 9.17) is 21.3 Å². The van der Waals surface area contributed by atoms with Crippen molar-refractivity contribution in [3.05, 3.63) is 41.7 Å². The molecule has 0 radical (unpaired) electrons. The van der Waals surface area contributed by atoms with Gasteiger partial charge in [-0.15, -0.1) is 0 Å². The lowest BCUT2D eigenvalue weighted by Gasteiger charge is -2.23. The fourth-order valence-electron chi connectivity index (χ4n) is 1.89. The number of allylic oxidation sites excluding steroid dienone is 2. The van der Waals surface area contributed by atoms with Crippen molar-refractivity contribution in [3.8, 4) is 0 Å². The molecule has 0 fully saturated rings. The van der Waals surface area contributed by atoms with Crippen LogP contribution < -0.4 is 5.73 Å². The van der Waals surface area contributed by atoms with Crippen LogP contribution in [-0.4, -0.2) is 24.3 Å². The van der Waals surface area contributed by atoms with E-state index >= 15 is 0 Å². The third kappa shape index (κ3) is 1.90. The maximum atomic E-state index is 11.7. The Balaban J connectivity index is 2.46. The number of rotatable bonds is 2. The molecule has 0 aliphatic heterocycles. The van der Waals surface area contributed by atoms with Crippen LogP contribution >= 0.6 is 0 Å². The van der Waals surface area contributed by atoms with Gasteiger partial charge in [0.25, 0.3) is 0 Å². The molecule has 4 N–H and O–H groups in total. The summed E-state index contributed by atoms with van der Waals surface area (Å²) in [6.07, 6.45) is 1.18. The number of benzene rings is 1. The molecule has 1 aliphatic rings. The van der Waals surface area contributed by atoms with Gasteiger partial charge in [0.05, 0.1) is 24.5 Å². The maximum Gasteiger partial charge on any atom is 0.204 e. The second-order valence-electron chi connectivity index (χ2n) is 4.00. The molecule has 0 heterocycles. The van der Waals surface area contributed by atoms with Gasteiger partial charge in [-0.2, -0.15) is 0 Å². The largest absolute Gasteiger partial charge is 0.495 e. The molecule has 2 rings (SSSR count). The van der Waals surface area contributed by atoms with E-state index in [-0.39, 0.29) is 17.2 Å². The fourth-order valence-corrected chi connectivity index (χ4v) is 1.89. The van der Waals surface area contributed by atoms with Gasteiger partial charge in [0.15, 0.2) is 0 Å². The number of hydrogen-bond donors (Lipinski definition) is 3. The molecule has 0 spiro atoms. The number of hydrogen-bond acceptors (Lipinski definition) is 5. The Morgan fingerprint density at radius 1 is 1.17 bits per heavy atom. The molecule has 1 atom stereocenters. The first-order valence-corrected chi connectivity index (χ1v) is 5.37. The number of carbonyl (C=O) groups is 1. The summed E-state index contributed by atoms with van der Waals surface area (Å²) < 4.78 is 4.99. The average molecular weight is 243 g/mol. The van der Waals surface area contributed by atoms with E-state index < -0.39 is 11.7 Å². The number of anilines is 1. The summed E-state index contributed by atoms with van der Waals surface area (Å²) >= 11 is 0. The van der Waals surface area contributed by atoms with E-state index in [1.807, 2.05) is 0 Å². The number of nitrogens with one attached hydrogen (secondary N) is 2. The van der Waals surface area contributed by atoms with Crippen molar-refractivity contribution in [1.29, 1.82) is 10.8 Å². The Labute approximate surface area is 104 Å². The third-order valence-corrected chi connectivity index (χ3v) is 2.86. The molecule has 1 unspecified atom stereocenters. The molecule has 18 heavy (non-hydrogen) atoms. The monoisotopic (exact) mass is 243 g/mol. The zero-order valence-electron chi connectivity index (χ0n) is 9.86. The van der Waals surface area contributed by atoms with Gasteiger partial charge in [0.2, 0.25) is 5.78 Å². The SMILES string of the molecule is COC1=CC(=O)C(=N)C(c2ccc(N)cc2)C1=N. The first kappa shape index (κ1) is 12.0. The van der Waals surface area contributed by atoms with E-state index in [0.29, 0.717) is 11.3 Å². The summed E-state index contributed by atoms with van der Waals surface area (Å²) in [4.78, 5) is 11.7. The lowest BCUT2D eigenvalue weighted by molar-refractivity contribution is -0.109. The van der Waals surface area contributed by atoms with E-state index in [1.165, 1.54) is 13.2 Å². The highest BCUT2D eigenvalue weighted by atomic mass is 16.5. The van der Waals surface area contributed by atoms with Crippen molar-refractivity contribution in [2.75, 3.05) is 12.8 Å².